The van der Waals surface area contributed by atoms with Crippen molar-refractivity contribution in [2.24, 2.45) is 0 Å². The molecule has 1 amide bonds. The van der Waals surface area contributed by atoms with Crippen molar-refractivity contribution in [3.63, 3.8) is 0 Å². The highest BCUT2D eigenvalue weighted by Crippen LogP contribution is 2.38. The van der Waals surface area contributed by atoms with E-state index in [1.54, 1.807) is 19.4 Å². The maximum Gasteiger partial charge on any atom is 0.260 e. The summed E-state index contributed by atoms with van der Waals surface area (Å²) >= 11 is 1.38. The Hall–Kier alpha value is -1.79. The highest BCUT2D eigenvalue weighted by atomic mass is 32.2. The van der Waals surface area contributed by atoms with Crippen LogP contribution in [0.15, 0.2) is 39.0 Å². The van der Waals surface area contributed by atoms with Crippen LogP contribution in [0.3, 0.4) is 0 Å². The molecule has 1 aliphatic rings. The third-order valence-corrected chi connectivity index (χ3v) is 3.88. The number of oxazole rings is 1. The van der Waals surface area contributed by atoms with Gasteiger partial charge in [0.2, 0.25) is 0 Å². The molecular weight excluding hydrogens is 264 g/mol. The van der Waals surface area contributed by atoms with E-state index in [2.05, 4.69) is 4.98 Å². The molecule has 98 valence electrons. The van der Waals surface area contributed by atoms with Crippen LogP contribution < -0.4 is 4.90 Å². The summed E-state index contributed by atoms with van der Waals surface area (Å²) < 4.78 is 5.28. The van der Waals surface area contributed by atoms with Crippen molar-refractivity contribution in [3.8, 4) is 0 Å². The van der Waals surface area contributed by atoms with E-state index in [1.165, 1.54) is 16.7 Å². The average molecular weight is 276 g/mol. The van der Waals surface area contributed by atoms with E-state index in [4.69, 9.17) is 4.42 Å². The van der Waals surface area contributed by atoms with Crippen molar-refractivity contribution in [2.75, 3.05) is 11.9 Å². The smallest absolute Gasteiger partial charge is 0.260 e. The lowest BCUT2D eigenvalue weighted by molar-refractivity contribution is -0.125. The van der Waals surface area contributed by atoms with Gasteiger partial charge < -0.3 is 14.4 Å². The summed E-state index contributed by atoms with van der Waals surface area (Å²) in [7, 11) is 1.65. The van der Waals surface area contributed by atoms with Crippen molar-refractivity contribution in [2.45, 2.75) is 23.1 Å². The summed E-state index contributed by atoms with van der Waals surface area (Å²) in [5, 5.41) is 10.3. The maximum atomic E-state index is 11.7. The Kier molecular flexibility index (Phi) is 2.83. The molecule has 3 rings (SSSR count). The number of amides is 1. The van der Waals surface area contributed by atoms with Crippen LogP contribution in [0.1, 0.15) is 17.4 Å². The molecule has 0 aliphatic carbocycles. The number of anilines is 1. The summed E-state index contributed by atoms with van der Waals surface area (Å²) in [4.78, 5) is 18.3. The second-order valence-corrected chi connectivity index (χ2v) is 5.40. The predicted octanol–water partition coefficient (Wildman–Crippen LogP) is 2.14. The summed E-state index contributed by atoms with van der Waals surface area (Å²) in [5.74, 6) is -0.302. The van der Waals surface area contributed by atoms with Gasteiger partial charge in [-0.1, -0.05) is 6.07 Å². The number of aromatic nitrogens is 1. The second-order valence-electron chi connectivity index (χ2n) is 4.38. The van der Waals surface area contributed by atoms with Gasteiger partial charge in [-0.25, -0.2) is 4.98 Å². The van der Waals surface area contributed by atoms with Crippen molar-refractivity contribution in [1.29, 1.82) is 0 Å². The number of likely N-dealkylation sites (N-methyl/N-ethyl adjacent to an activating group) is 1. The number of benzene rings is 1. The molecule has 0 saturated heterocycles. The quantitative estimate of drug-likeness (QED) is 0.910. The lowest BCUT2D eigenvalue weighted by atomic mass is 10.1. The normalized spacial score (nSPS) is 17.9. The first-order valence-electron chi connectivity index (χ1n) is 5.76. The molecule has 1 N–H and O–H groups in total. The first kappa shape index (κ1) is 12.3. The first-order chi connectivity index (χ1) is 9.06. The number of hydrogen-bond donors (Lipinski definition) is 1. The highest BCUT2D eigenvalue weighted by Gasteiger charge is 2.33. The summed E-state index contributed by atoms with van der Waals surface area (Å²) in [6.45, 7) is 1.86. The fourth-order valence-corrected chi connectivity index (χ4v) is 2.82. The fourth-order valence-electron chi connectivity index (χ4n) is 2.02. The topological polar surface area (TPSA) is 66.6 Å². The standard InChI is InChI=1S/C13H12N2O3S/c1-7-6-18-13(14-7)19-8-3-4-9-10(5-8)15(2)12(17)11(9)16/h3-6,11,16H,1-2H3. The minimum Gasteiger partial charge on any atom is -0.439 e. The average Bonchev–Trinajstić information content (AvgIpc) is 2.89. The number of nitrogens with zero attached hydrogens (tertiary/aromatic N) is 2. The third-order valence-electron chi connectivity index (χ3n) is 3.03. The number of hydrogen-bond acceptors (Lipinski definition) is 5. The van der Waals surface area contributed by atoms with Gasteiger partial charge in [-0.2, -0.15) is 0 Å². The molecular formula is C13H12N2O3S. The zero-order valence-electron chi connectivity index (χ0n) is 10.5. The summed E-state index contributed by atoms with van der Waals surface area (Å²) in [5.41, 5.74) is 2.19. The molecule has 1 atom stereocenters. The number of aliphatic hydroxyl groups excluding tert-OH is 1. The summed E-state index contributed by atoms with van der Waals surface area (Å²) in [6.07, 6.45) is 0.540. The third kappa shape index (κ3) is 2.02. The van der Waals surface area contributed by atoms with Crippen molar-refractivity contribution in [1.82, 2.24) is 4.98 Å². The molecule has 0 spiro atoms. The second kappa shape index (κ2) is 4.40. The largest absolute Gasteiger partial charge is 0.439 e. The molecule has 0 radical (unpaired) electrons. The van der Waals surface area contributed by atoms with Gasteiger partial charge in [-0.3, -0.25) is 4.79 Å². The molecule has 0 saturated carbocycles. The Morgan fingerprint density at radius 1 is 1.47 bits per heavy atom. The van der Waals surface area contributed by atoms with E-state index in [0.717, 1.165) is 16.3 Å². The monoisotopic (exact) mass is 276 g/mol. The van der Waals surface area contributed by atoms with E-state index in [1.807, 2.05) is 19.1 Å². The minimum atomic E-state index is -1.05. The molecule has 1 unspecified atom stereocenters. The van der Waals surface area contributed by atoms with Gasteiger partial charge in [0.05, 0.1) is 11.4 Å². The van der Waals surface area contributed by atoms with E-state index in [9.17, 15) is 9.90 Å². The molecule has 0 fully saturated rings. The van der Waals surface area contributed by atoms with Crippen LogP contribution in [-0.4, -0.2) is 23.0 Å². The van der Waals surface area contributed by atoms with Crippen LogP contribution in [-0.2, 0) is 4.79 Å². The first-order valence-corrected chi connectivity index (χ1v) is 6.57. The van der Waals surface area contributed by atoms with Gasteiger partial charge in [0.25, 0.3) is 11.1 Å². The van der Waals surface area contributed by atoms with Gasteiger partial charge in [-0.05, 0) is 30.8 Å². The lowest BCUT2D eigenvalue weighted by Crippen LogP contribution is -2.23. The van der Waals surface area contributed by atoms with Crippen LogP contribution in [0.4, 0.5) is 5.69 Å². The molecule has 5 nitrogen and oxygen atoms in total. The minimum absolute atomic E-state index is 0.302. The van der Waals surface area contributed by atoms with Gasteiger partial charge >= 0.3 is 0 Å². The molecule has 19 heavy (non-hydrogen) atoms. The van der Waals surface area contributed by atoms with Crippen molar-refractivity contribution < 1.29 is 14.3 Å². The highest BCUT2D eigenvalue weighted by molar-refractivity contribution is 7.99. The number of rotatable bonds is 2. The maximum absolute atomic E-state index is 11.7. The molecule has 2 heterocycles. The van der Waals surface area contributed by atoms with Gasteiger partial charge in [0.1, 0.15) is 6.26 Å². The Morgan fingerprint density at radius 2 is 2.26 bits per heavy atom. The predicted molar refractivity (Wildman–Crippen MR) is 70.2 cm³/mol. The zero-order valence-corrected chi connectivity index (χ0v) is 11.3. The SMILES string of the molecule is Cc1coc(Sc2ccc3c(c2)N(C)C(=O)C3O)n1. The molecule has 2 aromatic rings. The Bertz CT molecular complexity index is 653. The van der Waals surface area contributed by atoms with Crippen molar-refractivity contribution >= 4 is 23.4 Å². The number of carbonyl (C=O) groups excluding carboxylic acids is 1. The Balaban J connectivity index is 1.92. The number of aryl methyl sites for hydroxylation is 1. The van der Waals surface area contributed by atoms with Gasteiger partial charge in [-0.15, -0.1) is 0 Å². The van der Waals surface area contributed by atoms with Crippen LogP contribution in [0.5, 0.6) is 0 Å². The van der Waals surface area contributed by atoms with E-state index in [0.29, 0.717) is 10.8 Å². The zero-order chi connectivity index (χ0) is 13.6. The van der Waals surface area contributed by atoms with E-state index >= 15 is 0 Å². The van der Waals surface area contributed by atoms with Crippen molar-refractivity contribution in [3.05, 3.63) is 35.7 Å². The van der Waals surface area contributed by atoms with E-state index < -0.39 is 6.10 Å². The van der Waals surface area contributed by atoms with Crippen LogP contribution >= 0.6 is 11.8 Å². The lowest BCUT2D eigenvalue weighted by Gasteiger charge is -2.10. The number of fused-ring (bicyclic) bond motifs is 1. The van der Waals surface area contributed by atoms with Crippen LogP contribution in [0, 0.1) is 6.92 Å². The molecule has 1 aromatic heterocycles. The van der Waals surface area contributed by atoms with Crippen LogP contribution in [0.2, 0.25) is 0 Å². The van der Waals surface area contributed by atoms with E-state index in [-0.39, 0.29) is 5.91 Å². The molecule has 6 heteroatoms. The fraction of sp³-hybridized carbons (Fsp3) is 0.231. The summed E-state index contributed by atoms with van der Waals surface area (Å²) in [6, 6.07) is 5.46. The van der Waals surface area contributed by atoms with Gasteiger partial charge in [0.15, 0.2) is 6.10 Å². The van der Waals surface area contributed by atoms with Crippen LogP contribution in [0.25, 0.3) is 0 Å². The molecule has 1 aromatic carbocycles. The number of aliphatic hydroxyl groups is 1. The number of carbonyl (C=O) groups is 1. The molecule has 1 aliphatic heterocycles. The Morgan fingerprint density at radius 3 is 2.95 bits per heavy atom. The van der Waals surface area contributed by atoms with Gasteiger partial charge in [0, 0.05) is 17.5 Å². The Labute approximate surface area is 114 Å². The molecule has 0 bridgehead atoms.